The molecule has 4 rings (SSSR count). The van der Waals surface area contributed by atoms with Crippen molar-refractivity contribution in [2.24, 2.45) is 0 Å². The Morgan fingerprint density at radius 1 is 1.19 bits per heavy atom. The van der Waals surface area contributed by atoms with Crippen molar-refractivity contribution in [2.45, 2.75) is 36.4 Å². The maximum atomic E-state index is 13.5. The minimum absolute atomic E-state index is 0.00987. The quantitative estimate of drug-likeness (QED) is 0.500. The minimum atomic E-state index is -4.52. The van der Waals surface area contributed by atoms with Crippen LogP contribution in [0.2, 0.25) is 0 Å². The minimum Gasteiger partial charge on any atom is -0.495 e. The van der Waals surface area contributed by atoms with Gasteiger partial charge < -0.3 is 20.4 Å². The summed E-state index contributed by atoms with van der Waals surface area (Å²) in [6, 6.07) is 5.95. The molecule has 11 heteroatoms. The van der Waals surface area contributed by atoms with Gasteiger partial charge in [-0.2, -0.15) is 13.2 Å². The second-order valence-electron chi connectivity index (χ2n) is 7.51. The van der Waals surface area contributed by atoms with Gasteiger partial charge in [-0.3, -0.25) is 0 Å². The van der Waals surface area contributed by atoms with Crippen molar-refractivity contribution in [2.75, 3.05) is 24.0 Å². The van der Waals surface area contributed by atoms with Crippen LogP contribution in [0.4, 0.5) is 30.4 Å². The number of H-pyrrole nitrogens is 1. The molecule has 7 nitrogen and oxygen atoms in total. The summed E-state index contributed by atoms with van der Waals surface area (Å²) in [7, 11) is -2.03. The molecule has 0 amide bonds. The average molecular weight is 454 g/mol. The van der Waals surface area contributed by atoms with E-state index in [-0.39, 0.29) is 33.5 Å². The van der Waals surface area contributed by atoms with Gasteiger partial charge in [0, 0.05) is 36.3 Å². The van der Waals surface area contributed by atoms with Crippen LogP contribution in [0.3, 0.4) is 0 Å². The lowest BCUT2D eigenvalue weighted by molar-refractivity contribution is -0.136. The number of aromatic nitrogens is 2. The molecule has 1 aliphatic carbocycles. The molecule has 1 fully saturated rings. The molecule has 166 valence electrons. The molecule has 0 radical (unpaired) electrons. The molecule has 0 saturated heterocycles. The molecule has 0 bridgehead atoms. The Labute approximate surface area is 176 Å². The first-order valence-corrected chi connectivity index (χ1v) is 11.5. The first-order chi connectivity index (χ1) is 14.6. The fourth-order valence-corrected chi connectivity index (χ4v) is 4.09. The van der Waals surface area contributed by atoms with Crippen molar-refractivity contribution >= 4 is 38.1 Å². The molecule has 3 aromatic rings. The summed E-state index contributed by atoms with van der Waals surface area (Å²) in [6.45, 7) is 0. The number of hydrogen-bond acceptors (Lipinski definition) is 6. The van der Waals surface area contributed by atoms with Crippen molar-refractivity contribution < 1.29 is 26.3 Å². The zero-order valence-electron chi connectivity index (χ0n) is 16.8. The van der Waals surface area contributed by atoms with Crippen molar-refractivity contribution in [1.29, 1.82) is 0 Å². The Morgan fingerprint density at radius 2 is 1.94 bits per heavy atom. The van der Waals surface area contributed by atoms with Crippen molar-refractivity contribution in [3.8, 4) is 5.75 Å². The number of sulfone groups is 1. The lowest BCUT2D eigenvalue weighted by atomic mass is 9.93. The van der Waals surface area contributed by atoms with Gasteiger partial charge in [0.25, 0.3) is 0 Å². The Bertz CT molecular complexity index is 1230. The van der Waals surface area contributed by atoms with Crippen LogP contribution in [-0.4, -0.2) is 37.8 Å². The fraction of sp³-hybridized carbons (Fsp3) is 0.350. The van der Waals surface area contributed by atoms with E-state index in [0.717, 1.165) is 31.7 Å². The second kappa shape index (κ2) is 7.63. The summed E-state index contributed by atoms with van der Waals surface area (Å²) < 4.78 is 69.3. The van der Waals surface area contributed by atoms with Crippen LogP contribution in [0.15, 0.2) is 35.4 Å². The summed E-state index contributed by atoms with van der Waals surface area (Å²) >= 11 is 0. The van der Waals surface area contributed by atoms with Crippen LogP contribution in [0.5, 0.6) is 5.75 Å². The molecule has 2 heterocycles. The first-order valence-electron chi connectivity index (χ1n) is 9.57. The monoisotopic (exact) mass is 454 g/mol. The van der Waals surface area contributed by atoms with Crippen molar-refractivity contribution in [3.63, 3.8) is 0 Å². The highest BCUT2D eigenvalue weighted by Gasteiger charge is 2.35. The molecule has 1 aliphatic rings. The number of pyridine rings is 1. The molecule has 1 aromatic carbocycles. The maximum absolute atomic E-state index is 13.5. The number of nitrogens with one attached hydrogen (secondary N) is 3. The van der Waals surface area contributed by atoms with Crippen LogP contribution in [0.25, 0.3) is 11.0 Å². The third-order valence-corrected chi connectivity index (χ3v) is 6.39. The first kappa shape index (κ1) is 21.3. The molecule has 0 unspecified atom stereocenters. The van der Waals surface area contributed by atoms with Gasteiger partial charge in [0.05, 0.1) is 28.6 Å². The number of alkyl halides is 3. The summed E-state index contributed by atoms with van der Waals surface area (Å²) in [4.78, 5) is 6.98. The number of benzene rings is 1. The van der Waals surface area contributed by atoms with E-state index in [1.807, 2.05) is 0 Å². The van der Waals surface area contributed by atoms with Gasteiger partial charge in [0.2, 0.25) is 0 Å². The fourth-order valence-electron chi connectivity index (χ4n) is 3.45. The molecule has 0 spiro atoms. The van der Waals surface area contributed by atoms with E-state index in [1.165, 1.54) is 31.4 Å². The van der Waals surface area contributed by atoms with Crippen molar-refractivity contribution in [3.05, 3.63) is 36.0 Å². The van der Waals surface area contributed by atoms with Gasteiger partial charge in [-0.15, -0.1) is 0 Å². The SMILES string of the molecule is COc1cc(S(C)(=O)=O)ccc1Nc1cc(NC2CCC2)c2c(C(F)(F)F)c[nH]c2n1. The van der Waals surface area contributed by atoms with E-state index in [1.54, 1.807) is 0 Å². The van der Waals surface area contributed by atoms with Gasteiger partial charge in [-0.05, 0) is 31.4 Å². The number of methoxy groups -OCH3 is 1. The van der Waals surface area contributed by atoms with E-state index in [4.69, 9.17) is 4.74 Å². The van der Waals surface area contributed by atoms with E-state index in [0.29, 0.717) is 11.4 Å². The maximum Gasteiger partial charge on any atom is 0.418 e. The van der Waals surface area contributed by atoms with Crippen LogP contribution in [-0.2, 0) is 16.0 Å². The van der Waals surface area contributed by atoms with E-state index < -0.39 is 21.6 Å². The Balaban J connectivity index is 1.76. The Kier molecular flexibility index (Phi) is 5.24. The van der Waals surface area contributed by atoms with Crippen LogP contribution < -0.4 is 15.4 Å². The highest BCUT2D eigenvalue weighted by molar-refractivity contribution is 7.90. The number of aromatic amines is 1. The molecule has 1 saturated carbocycles. The predicted octanol–water partition coefficient (Wildman–Crippen LogP) is 4.70. The molecule has 3 N–H and O–H groups in total. The number of rotatable bonds is 6. The average Bonchev–Trinajstić information content (AvgIpc) is 3.08. The zero-order valence-corrected chi connectivity index (χ0v) is 17.6. The number of hydrogen-bond donors (Lipinski definition) is 3. The molecule has 0 aliphatic heterocycles. The largest absolute Gasteiger partial charge is 0.495 e. The third-order valence-electron chi connectivity index (χ3n) is 5.28. The lowest BCUT2D eigenvalue weighted by Crippen LogP contribution is -2.27. The Morgan fingerprint density at radius 3 is 2.52 bits per heavy atom. The highest BCUT2D eigenvalue weighted by Crippen LogP contribution is 2.40. The van der Waals surface area contributed by atoms with Gasteiger partial charge in [-0.1, -0.05) is 0 Å². The van der Waals surface area contributed by atoms with Crippen molar-refractivity contribution in [1.82, 2.24) is 9.97 Å². The predicted molar refractivity (Wildman–Crippen MR) is 112 cm³/mol. The summed E-state index contributed by atoms with van der Waals surface area (Å²) in [5.74, 6) is 0.552. The molecular weight excluding hydrogens is 433 g/mol. The summed E-state index contributed by atoms with van der Waals surface area (Å²) in [5.41, 5.74) is 0.0702. The molecule has 0 atom stereocenters. The lowest BCUT2D eigenvalue weighted by Gasteiger charge is -2.28. The Hall–Kier alpha value is -2.95. The number of halogens is 3. The van der Waals surface area contributed by atoms with Crippen LogP contribution in [0, 0.1) is 0 Å². The summed E-state index contributed by atoms with van der Waals surface area (Å²) in [5, 5.41) is 6.20. The van der Waals surface area contributed by atoms with Crippen LogP contribution >= 0.6 is 0 Å². The second-order valence-corrected chi connectivity index (χ2v) is 9.53. The molecule has 31 heavy (non-hydrogen) atoms. The van der Waals surface area contributed by atoms with E-state index in [9.17, 15) is 21.6 Å². The topological polar surface area (TPSA) is 96.1 Å². The van der Waals surface area contributed by atoms with Gasteiger partial charge in [0.1, 0.15) is 17.2 Å². The number of ether oxygens (including phenoxy) is 1. The van der Waals surface area contributed by atoms with Gasteiger partial charge in [-0.25, -0.2) is 13.4 Å². The third kappa shape index (κ3) is 4.27. The smallest absolute Gasteiger partial charge is 0.418 e. The number of fused-ring (bicyclic) bond motifs is 1. The van der Waals surface area contributed by atoms with Gasteiger partial charge >= 0.3 is 6.18 Å². The van der Waals surface area contributed by atoms with Gasteiger partial charge in [0.15, 0.2) is 9.84 Å². The zero-order chi connectivity index (χ0) is 22.4. The highest BCUT2D eigenvalue weighted by atomic mass is 32.2. The number of anilines is 3. The van der Waals surface area contributed by atoms with Crippen LogP contribution in [0.1, 0.15) is 24.8 Å². The molecular formula is C20H21F3N4O3S. The van der Waals surface area contributed by atoms with E-state index >= 15 is 0 Å². The standard InChI is InChI=1S/C20H21F3N4O3S/c1-30-16-8-12(31(2,28)29)6-7-14(16)26-17-9-15(25-11-4-3-5-11)18-13(20(21,22)23)10-24-19(18)27-17/h6-11H,3-5H2,1-2H3,(H3,24,25,26,27). The normalized spacial score (nSPS) is 15.0. The van der Waals surface area contributed by atoms with E-state index in [2.05, 4.69) is 20.6 Å². The summed E-state index contributed by atoms with van der Waals surface area (Å²) in [6.07, 6.45) is 0.287. The number of nitrogens with zero attached hydrogens (tertiary/aromatic N) is 1. The molecule has 2 aromatic heterocycles.